The van der Waals surface area contributed by atoms with E-state index < -0.39 is 0 Å². The highest BCUT2D eigenvalue weighted by molar-refractivity contribution is 9.10. The molecule has 0 radical (unpaired) electrons. The zero-order valence-corrected chi connectivity index (χ0v) is 12.7. The van der Waals surface area contributed by atoms with E-state index in [0.29, 0.717) is 28.6 Å². The molecule has 0 atom stereocenters. The summed E-state index contributed by atoms with van der Waals surface area (Å²) in [4.78, 5) is 19.9. The topological polar surface area (TPSA) is 92.7 Å². The van der Waals surface area contributed by atoms with Crippen LogP contribution in [0.15, 0.2) is 29.1 Å². The zero-order chi connectivity index (χ0) is 14.7. The number of hydrogen-bond donors (Lipinski definition) is 2. The van der Waals surface area contributed by atoms with Gasteiger partial charge in [-0.1, -0.05) is 0 Å². The molecule has 3 rings (SSSR count). The smallest absolute Gasteiger partial charge is 0.320 e. The van der Waals surface area contributed by atoms with Crippen molar-refractivity contribution >= 4 is 27.8 Å². The van der Waals surface area contributed by atoms with Crippen molar-refractivity contribution in [1.29, 1.82) is 0 Å². The molecule has 2 aromatic heterocycles. The molecule has 1 saturated carbocycles. The van der Waals surface area contributed by atoms with Gasteiger partial charge in [-0.3, -0.25) is 10.3 Å². The highest BCUT2D eigenvalue weighted by atomic mass is 79.9. The average Bonchev–Trinajstić information content (AvgIpc) is 3.32. The van der Waals surface area contributed by atoms with E-state index in [1.165, 1.54) is 12.8 Å². The first kappa shape index (κ1) is 13.9. The van der Waals surface area contributed by atoms with E-state index in [-0.39, 0.29) is 6.03 Å². The van der Waals surface area contributed by atoms with E-state index in [2.05, 4.69) is 46.7 Å². The van der Waals surface area contributed by atoms with E-state index in [1.54, 1.807) is 18.5 Å². The number of nitrogens with zero attached hydrogens (tertiary/aromatic N) is 4. The maximum Gasteiger partial charge on any atom is 0.320 e. The average molecular weight is 349 g/mol. The number of halogens is 1. The Balaban J connectivity index is 1.50. The van der Waals surface area contributed by atoms with Crippen LogP contribution in [0, 0.1) is 0 Å². The SMILES string of the molecule is O=C(NCc1cnc(Br)cn1)Nc1ccc(C2CC2)nn1. The van der Waals surface area contributed by atoms with Crippen LogP contribution in [-0.4, -0.2) is 26.2 Å². The molecular weight excluding hydrogens is 336 g/mol. The summed E-state index contributed by atoms with van der Waals surface area (Å²) in [6, 6.07) is 3.31. The normalized spacial score (nSPS) is 13.8. The monoisotopic (exact) mass is 348 g/mol. The number of hydrogen-bond acceptors (Lipinski definition) is 5. The highest BCUT2D eigenvalue weighted by Gasteiger charge is 2.25. The van der Waals surface area contributed by atoms with Crippen LogP contribution >= 0.6 is 15.9 Å². The summed E-state index contributed by atoms with van der Waals surface area (Å²) in [5.74, 6) is 0.982. The van der Waals surface area contributed by atoms with Crippen LogP contribution in [0.25, 0.3) is 0 Å². The first-order valence-corrected chi connectivity index (χ1v) is 7.35. The largest absolute Gasteiger partial charge is 0.332 e. The third-order valence-corrected chi connectivity index (χ3v) is 3.44. The lowest BCUT2D eigenvalue weighted by atomic mass is 10.3. The van der Waals surface area contributed by atoms with Crippen molar-refractivity contribution in [3.8, 4) is 0 Å². The van der Waals surface area contributed by atoms with E-state index in [0.717, 1.165) is 5.69 Å². The number of urea groups is 1. The molecule has 108 valence electrons. The van der Waals surface area contributed by atoms with Crippen molar-refractivity contribution in [3.05, 3.63) is 40.5 Å². The minimum Gasteiger partial charge on any atom is -0.332 e. The van der Waals surface area contributed by atoms with Crippen molar-refractivity contribution in [2.24, 2.45) is 0 Å². The fraction of sp³-hybridized carbons (Fsp3) is 0.308. The van der Waals surface area contributed by atoms with Crippen molar-refractivity contribution < 1.29 is 4.79 Å². The molecule has 0 bridgehead atoms. The number of nitrogens with one attached hydrogen (secondary N) is 2. The van der Waals surface area contributed by atoms with Crippen molar-refractivity contribution in [3.63, 3.8) is 0 Å². The highest BCUT2D eigenvalue weighted by Crippen LogP contribution is 2.38. The van der Waals surface area contributed by atoms with Crippen LogP contribution < -0.4 is 10.6 Å². The van der Waals surface area contributed by atoms with Crippen LogP contribution in [-0.2, 0) is 6.54 Å². The van der Waals surface area contributed by atoms with Crippen LogP contribution in [0.5, 0.6) is 0 Å². The Morgan fingerprint density at radius 1 is 1.24 bits per heavy atom. The summed E-state index contributed by atoms with van der Waals surface area (Å²) in [6.45, 7) is 0.291. The van der Waals surface area contributed by atoms with Crippen molar-refractivity contribution in [2.45, 2.75) is 25.3 Å². The second kappa shape index (κ2) is 6.13. The van der Waals surface area contributed by atoms with Gasteiger partial charge in [-0.05, 0) is 40.9 Å². The molecule has 1 aliphatic carbocycles. The predicted octanol–water partition coefficient (Wildman–Crippen LogP) is 2.23. The minimum atomic E-state index is -0.354. The Bertz CT molecular complexity index is 626. The molecule has 0 unspecified atom stereocenters. The first-order valence-electron chi connectivity index (χ1n) is 6.55. The van der Waals surface area contributed by atoms with Gasteiger partial charge < -0.3 is 5.32 Å². The van der Waals surface area contributed by atoms with Crippen molar-refractivity contribution in [2.75, 3.05) is 5.32 Å². The second-order valence-corrected chi connectivity index (χ2v) is 5.57. The first-order chi connectivity index (χ1) is 10.2. The van der Waals surface area contributed by atoms with Crippen LogP contribution in [0.3, 0.4) is 0 Å². The molecule has 0 aromatic carbocycles. The molecule has 2 amide bonds. The number of amides is 2. The number of carbonyl (C=O) groups excluding carboxylic acids is 1. The van der Waals surface area contributed by atoms with Crippen LogP contribution in [0.2, 0.25) is 0 Å². The Morgan fingerprint density at radius 3 is 2.71 bits per heavy atom. The number of carbonyl (C=O) groups is 1. The molecule has 0 spiro atoms. The standard InChI is InChI=1S/C13H13BrN6O/c14-11-7-15-9(5-16-11)6-17-13(21)18-12-4-3-10(19-20-12)8-1-2-8/h3-5,7-8H,1-2,6H2,(H2,17,18,20,21). The number of anilines is 1. The summed E-state index contributed by atoms with van der Waals surface area (Å²) in [5.41, 5.74) is 1.66. The van der Waals surface area contributed by atoms with Gasteiger partial charge >= 0.3 is 6.03 Å². The van der Waals surface area contributed by atoms with E-state index in [1.807, 2.05) is 6.07 Å². The lowest BCUT2D eigenvalue weighted by Gasteiger charge is -2.06. The molecule has 2 aromatic rings. The quantitative estimate of drug-likeness (QED) is 0.883. The van der Waals surface area contributed by atoms with Gasteiger partial charge in [0.25, 0.3) is 0 Å². The molecular formula is C13H13BrN6O. The maximum atomic E-state index is 11.7. The van der Waals surface area contributed by atoms with Gasteiger partial charge in [-0.25, -0.2) is 9.78 Å². The van der Waals surface area contributed by atoms with E-state index in [9.17, 15) is 4.79 Å². The summed E-state index contributed by atoms with van der Waals surface area (Å²) >= 11 is 3.20. The molecule has 0 aliphatic heterocycles. The lowest BCUT2D eigenvalue weighted by Crippen LogP contribution is -2.29. The fourth-order valence-corrected chi connectivity index (χ4v) is 1.97. The Hall–Kier alpha value is -2.09. The third kappa shape index (κ3) is 3.94. The maximum absolute atomic E-state index is 11.7. The molecule has 0 saturated heterocycles. The Kier molecular flexibility index (Phi) is 4.05. The molecule has 2 N–H and O–H groups in total. The van der Waals surface area contributed by atoms with Gasteiger partial charge in [0.2, 0.25) is 0 Å². The zero-order valence-electron chi connectivity index (χ0n) is 11.1. The molecule has 21 heavy (non-hydrogen) atoms. The second-order valence-electron chi connectivity index (χ2n) is 4.76. The number of aromatic nitrogens is 4. The molecule has 2 heterocycles. The van der Waals surface area contributed by atoms with Crippen LogP contribution in [0.1, 0.15) is 30.1 Å². The van der Waals surface area contributed by atoms with Crippen molar-refractivity contribution in [1.82, 2.24) is 25.5 Å². The summed E-state index contributed by atoms with van der Waals surface area (Å²) in [6.07, 6.45) is 5.53. The van der Waals surface area contributed by atoms with Gasteiger partial charge in [0.1, 0.15) is 4.60 Å². The van der Waals surface area contributed by atoms with E-state index >= 15 is 0 Å². The summed E-state index contributed by atoms with van der Waals surface area (Å²) in [5, 5.41) is 13.4. The Labute approximate surface area is 129 Å². The lowest BCUT2D eigenvalue weighted by molar-refractivity contribution is 0.251. The van der Waals surface area contributed by atoms with E-state index in [4.69, 9.17) is 0 Å². The summed E-state index contributed by atoms with van der Waals surface area (Å²) < 4.78 is 0.654. The third-order valence-electron chi connectivity index (χ3n) is 3.03. The summed E-state index contributed by atoms with van der Waals surface area (Å²) in [7, 11) is 0. The van der Waals surface area contributed by atoms with Gasteiger partial charge in [0.05, 0.1) is 30.3 Å². The minimum absolute atomic E-state index is 0.291. The van der Waals surface area contributed by atoms with Gasteiger partial charge in [0, 0.05) is 5.92 Å². The predicted molar refractivity (Wildman–Crippen MR) is 79.6 cm³/mol. The molecule has 1 aliphatic rings. The molecule has 8 heteroatoms. The number of rotatable bonds is 4. The van der Waals surface area contributed by atoms with Gasteiger partial charge in [0.15, 0.2) is 5.82 Å². The van der Waals surface area contributed by atoms with Crippen LogP contribution in [0.4, 0.5) is 10.6 Å². The molecule has 7 nitrogen and oxygen atoms in total. The fourth-order valence-electron chi connectivity index (χ4n) is 1.77. The Morgan fingerprint density at radius 2 is 2.10 bits per heavy atom. The van der Waals surface area contributed by atoms with Gasteiger partial charge in [-0.15, -0.1) is 5.10 Å². The van der Waals surface area contributed by atoms with Gasteiger partial charge in [-0.2, -0.15) is 5.10 Å². The molecule has 1 fully saturated rings.